The number of fused-ring (bicyclic) bond motifs is 6. The molecule has 8 rings (SSSR count). The van der Waals surface area contributed by atoms with E-state index in [0.29, 0.717) is 31.4 Å². The van der Waals surface area contributed by atoms with E-state index in [4.69, 9.17) is 42.1 Å². The number of alkyl halides is 1. The number of aryl methyl sites for hydroxylation is 1. The van der Waals surface area contributed by atoms with Crippen molar-refractivity contribution >= 4 is 38.9 Å². The molecule has 6 aliphatic rings. The first kappa shape index (κ1) is 39.9. The van der Waals surface area contributed by atoms with Gasteiger partial charge in [0.15, 0.2) is 6.23 Å². The van der Waals surface area contributed by atoms with Crippen LogP contribution in [0.3, 0.4) is 0 Å². The molecule has 2 aromatic carbocycles. The van der Waals surface area contributed by atoms with E-state index in [1.54, 1.807) is 0 Å². The second-order valence-electron chi connectivity index (χ2n) is 16.7. The summed E-state index contributed by atoms with van der Waals surface area (Å²) < 4.78 is 56.3. The predicted molar refractivity (Wildman–Crippen MR) is 218 cm³/mol. The number of nitrogens with zero attached hydrogens (tertiary/aromatic N) is 3. The van der Waals surface area contributed by atoms with Gasteiger partial charge in [-0.3, -0.25) is 9.80 Å². The minimum atomic E-state index is -3.75. The topological polar surface area (TPSA) is 96.1 Å². The third-order valence-electron chi connectivity index (χ3n) is 13.3. The van der Waals surface area contributed by atoms with E-state index in [0.717, 1.165) is 119 Å². The number of anilines is 1. The van der Waals surface area contributed by atoms with E-state index in [9.17, 15) is 8.42 Å². The van der Waals surface area contributed by atoms with Gasteiger partial charge in [0.2, 0.25) is 10.0 Å². The van der Waals surface area contributed by atoms with Crippen LogP contribution in [0.1, 0.15) is 68.2 Å². The third-order valence-corrected chi connectivity index (χ3v) is 15.8. The highest BCUT2D eigenvalue weighted by atomic mass is 35.5. The summed E-state index contributed by atoms with van der Waals surface area (Å²) in [5.41, 5.74) is 3.83. The van der Waals surface area contributed by atoms with Gasteiger partial charge in [0, 0.05) is 69.9 Å². The molecular weight excluding hydrogens is 759 g/mol. The van der Waals surface area contributed by atoms with Gasteiger partial charge in [0.05, 0.1) is 24.2 Å². The fourth-order valence-electron chi connectivity index (χ4n) is 9.92. The summed E-state index contributed by atoms with van der Waals surface area (Å²) in [6, 6.07) is 12.7. The molecular formula is C42H58Cl2N4O6S. The van der Waals surface area contributed by atoms with Crippen molar-refractivity contribution in [3.8, 4) is 5.75 Å². The summed E-state index contributed by atoms with van der Waals surface area (Å²) in [7, 11) is -1.88. The van der Waals surface area contributed by atoms with E-state index in [2.05, 4.69) is 49.8 Å². The zero-order chi connectivity index (χ0) is 38.2. The number of allylic oxidation sites excluding steroid dienone is 1. The second kappa shape index (κ2) is 17.1. The van der Waals surface area contributed by atoms with E-state index in [1.165, 1.54) is 5.56 Å². The number of methoxy groups -OCH3 is 1. The maximum Gasteiger partial charge on any atom is 0.217 e. The standard InChI is InChI=1S/C42H58Cl2N4O6S/c1-29-6-5-15-42(51-2,28-46-18-19-47-20-21-52-27-35(47)25-46)36-12-9-32(36)24-48-17-4-3-7-30-22-34(44)11-8-33(30)26-53-38-13-10-31(23-37(38)48)40-41(54-40)45-55(49,50)39(29)14-16-43/h5,8,10-11,13,15,22-23,29,32,35-36,39-41,45H,3-4,6-7,9,12,14,16-21,24-28H2,1-2H3/b15-5+/t29-,32-,35-,36+,39+,40?,41?,42+/m0/s1. The quantitative estimate of drug-likeness (QED) is 0.209. The Labute approximate surface area is 337 Å². The number of morpholine rings is 1. The van der Waals surface area contributed by atoms with Crippen molar-refractivity contribution in [3.05, 3.63) is 70.3 Å². The molecule has 2 bridgehead atoms. The molecule has 10 nitrogen and oxygen atoms in total. The van der Waals surface area contributed by atoms with Gasteiger partial charge in [0.1, 0.15) is 24.1 Å². The molecule has 0 amide bonds. The summed E-state index contributed by atoms with van der Waals surface area (Å²) in [6.07, 6.45) is 9.63. The third kappa shape index (κ3) is 8.76. The Hall–Kier alpha value is -1.93. The first-order valence-corrected chi connectivity index (χ1v) is 22.9. The van der Waals surface area contributed by atoms with Crippen LogP contribution in [0, 0.1) is 17.8 Å². The first-order chi connectivity index (χ1) is 26.7. The minimum Gasteiger partial charge on any atom is -0.487 e. The highest BCUT2D eigenvalue weighted by Gasteiger charge is 2.50. The molecule has 8 atom stereocenters. The first-order valence-electron chi connectivity index (χ1n) is 20.4. The van der Waals surface area contributed by atoms with Crippen LogP contribution in [0.15, 0.2) is 48.6 Å². The summed E-state index contributed by atoms with van der Waals surface area (Å²) in [4.78, 5) is 7.68. The SMILES string of the molecule is CO[C@@]1(CN2CCN3CCOC[C@@H]3C2)/C=C/C[C@H](C)[C@@H](CCCl)S(=O)(=O)NC2OC2c2ccc3c(c2)N(CCCCc2cc(Cl)ccc2CO3)C[C@@H]2CC[C@H]21. The van der Waals surface area contributed by atoms with Crippen molar-refractivity contribution in [1.82, 2.24) is 14.5 Å². The van der Waals surface area contributed by atoms with Crippen molar-refractivity contribution in [1.29, 1.82) is 0 Å². The lowest BCUT2D eigenvalue weighted by molar-refractivity contribution is -0.108. The highest BCUT2D eigenvalue weighted by molar-refractivity contribution is 7.90. The molecule has 0 radical (unpaired) electrons. The molecule has 13 heteroatoms. The van der Waals surface area contributed by atoms with Crippen LogP contribution in [0.2, 0.25) is 5.02 Å². The average molecular weight is 818 g/mol. The molecule has 5 heterocycles. The fraction of sp³-hybridized carbons (Fsp3) is 0.667. The van der Waals surface area contributed by atoms with E-state index >= 15 is 0 Å². The van der Waals surface area contributed by atoms with Gasteiger partial charge in [-0.15, -0.1) is 11.6 Å². The smallest absolute Gasteiger partial charge is 0.217 e. The molecule has 1 N–H and O–H groups in total. The Morgan fingerprint density at radius 2 is 1.93 bits per heavy atom. The van der Waals surface area contributed by atoms with Crippen molar-refractivity contribution in [3.63, 3.8) is 0 Å². The Balaban J connectivity index is 1.15. The largest absolute Gasteiger partial charge is 0.487 e. The van der Waals surface area contributed by atoms with Crippen LogP contribution in [0.25, 0.3) is 0 Å². The highest BCUT2D eigenvalue weighted by Crippen LogP contribution is 2.48. The van der Waals surface area contributed by atoms with Gasteiger partial charge in [-0.1, -0.05) is 42.8 Å². The molecule has 0 aromatic heterocycles. The van der Waals surface area contributed by atoms with Crippen molar-refractivity contribution in [2.75, 3.05) is 76.9 Å². The zero-order valence-electron chi connectivity index (χ0n) is 32.3. The van der Waals surface area contributed by atoms with Crippen LogP contribution in [0.5, 0.6) is 5.75 Å². The number of halogens is 2. The van der Waals surface area contributed by atoms with E-state index in [1.807, 2.05) is 32.2 Å². The van der Waals surface area contributed by atoms with Gasteiger partial charge in [-0.25, -0.2) is 8.42 Å². The Morgan fingerprint density at radius 1 is 1.04 bits per heavy atom. The molecule has 3 saturated heterocycles. The van der Waals surface area contributed by atoms with Gasteiger partial charge < -0.3 is 23.8 Å². The maximum absolute atomic E-state index is 14.0. The summed E-state index contributed by atoms with van der Waals surface area (Å²) in [5, 5.41) is 0.0932. The number of piperazine rings is 1. The zero-order valence-corrected chi connectivity index (χ0v) is 34.7. The summed E-state index contributed by atoms with van der Waals surface area (Å²) in [6.45, 7) is 10.5. The molecule has 55 heavy (non-hydrogen) atoms. The number of nitrogens with one attached hydrogen (secondary N) is 1. The van der Waals surface area contributed by atoms with Crippen LogP contribution in [0.4, 0.5) is 5.69 Å². The molecule has 2 aromatic rings. The number of hydrogen-bond acceptors (Lipinski definition) is 9. The second-order valence-corrected chi connectivity index (χ2v) is 19.5. The van der Waals surface area contributed by atoms with Gasteiger partial charge >= 0.3 is 0 Å². The Bertz CT molecular complexity index is 1800. The molecule has 0 spiro atoms. The van der Waals surface area contributed by atoms with E-state index in [-0.39, 0.29) is 23.8 Å². The van der Waals surface area contributed by atoms with Crippen LogP contribution in [-0.2, 0) is 37.3 Å². The predicted octanol–water partition coefficient (Wildman–Crippen LogP) is 6.40. The van der Waals surface area contributed by atoms with Crippen LogP contribution < -0.4 is 14.4 Å². The van der Waals surface area contributed by atoms with Crippen molar-refractivity contribution in [2.24, 2.45) is 17.8 Å². The average Bonchev–Trinajstić information content (AvgIpc) is 3.93. The molecule has 4 fully saturated rings. The monoisotopic (exact) mass is 816 g/mol. The number of sulfonamides is 1. The number of ether oxygens (including phenoxy) is 4. The number of benzene rings is 2. The molecule has 1 saturated carbocycles. The Morgan fingerprint density at radius 3 is 2.75 bits per heavy atom. The summed E-state index contributed by atoms with van der Waals surface area (Å²) in [5.74, 6) is 1.60. The Kier molecular flexibility index (Phi) is 12.4. The lowest BCUT2D eigenvalue weighted by atomic mass is 9.63. The fourth-order valence-corrected chi connectivity index (χ4v) is 12.3. The molecule has 1 aliphatic carbocycles. The van der Waals surface area contributed by atoms with Gasteiger partial charge in [0.25, 0.3) is 0 Å². The number of epoxide rings is 1. The van der Waals surface area contributed by atoms with E-state index < -0.39 is 27.1 Å². The van der Waals surface area contributed by atoms with Gasteiger partial charge in [-0.05, 0) is 104 Å². The number of hydrogen-bond donors (Lipinski definition) is 1. The summed E-state index contributed by atoms with van der Waals surface area (Å²) >= 11 is 12.7. The molecule has 5 aliphatic heterocycles. The minimum absolute atomic E-state index is 0.159. The van der Waals surface area contributed by atoms with Crippen LogP contribution >= 0.6 is 23.2 Å². The number of rotatable bonds is 5. The maximum atomic E-state index is 14.0. The van der Waals surface area contributed by atoms with Crippen molar-refractivity contribution in [2.45, 2.75) is 87.7 Å². The normalized spacial score (nSPS) is 34.9. The van der Waals surface area contributed by atoms with Crippen molar-refractivity contribution < 1.29 is 27.4 Å². The lowest BCUT2D eigenvalue weighted by Gasteiger charge is -2.53. The molecule has 2 unspecified atom stereocenters. The van der Waals surface area contributed by atoms with Gasteiger partial charge in [-0.2, -0.15) is 4.72 Å². The van der Waals surface area contributed by atoms with Crippen LogP contribution in [-0.4, -0.2) is 113 Å². The lowest BCUT2D eigenvalue weighted by Crippen LogP contribution is -2.62. The molecule has 302 valence electrons.